The van der Waals surface area contributed by atoms with E-state index >= 15 is 0 Å². The third-order valence-corrected chi connectivity index (χ3v) is 3.50. The van der Waals surface area contributed by atoms with Crippen LogP contribution in [0, 0.1) is 5.82 Å². The summed E-state index contributed by atoms with van der Waals surface area (Å²) in [7, 11) is -3.79. The molecule has 1 N–H and O–H groups in total. The SMILES string of the molecule is C=CCNS(=O)(=O)c1ccc(F)c(C(=O)Cl)c1. The van der Waals surface area contributed by atoms with Crippen molar-refractivity contribution in [1.29, 1.82) is 0 Å². The largest absolute Gasteiger partial charge is 0.275 e. The summed E-state index contributed by atoms with van der Waals surface area (Å²) in [4.78, 5) is 10.6. The van der Waals surface area contributed by atoms with Crippen LogP contribution in [-0.4, -0.2) is 20.2 Å². The number of nitrogens with one attached hydrogen (secondary N) is 1. The van der Waals surface area contributed by atoms with Gasteiger partial charge in [-0.3, -0.25) is 4.79 Å². The number of halogens is 2. The molecule has 0 radical (unpaired) electrons. The molecule has 0 atom stereocenters. The minimum absolute atomic E-state index is 0.0316. The zero-order chi connectivity index (χ0) is 13.1. The van der Waals surface area contributed by atoms with Gasteiger partial charge in [0.15, 0.2) is 0 Å². The van der Waals surface area contributed by atoms with Gasteiger partial charge in [-0.15, -0.1) is 6.58 Å². The second-order valence-corrected chi connectivity index (χ2v) is 5.17. The number of hydrogen-bond acceptors (Lipinski definition) is 3. The number of rotatable bonds is 5. The lowest BCUT2D eigenvalue weighted by atomic mass is 10.2. The van der Waals surface area contributed by atoms with E-state index in [-0.39, 0.29) is 11.4 Å². The van der Waals surface area contributed by atoms with Gasteiger partial charge in [-0.1, -0.05) is 6.08 Å². The standard InChI is InChI=1S/C10H9ClFNO3S/c1-2-5-13-17(15,16)7-3-4-9(12)8(6-7)10(11)14/h2-4,6,13H,1,5H2. The van der Waals surface area contributed by atoms with Crippen molar-refractivity contribution >= 4 is 26.9 Å². The van der Waals surface area contributed by atoms with Crippen LogP contribution in [0.25, 0.3) is 0 Å². The highest BCUT2D eigenvalue weighted by atomic mass is 35.5. The van der Waals surface area contributed by atoms with Crippen molar-refractivity contribution in [1.82, 2.24) is 4.72 Å². The highest BCUT2D eigenvalue weighted by molar-refractivity contribution is 7.89. The first-order chi connectivity index (χ1) is 7.88. The maximum Gasteiger partial charge on any atom is 0.255 e. The van der Waals surface area contributed by atoms with E-state index < -0.39 is 26.6 Å². The Morgan fingerprint density at radius 2 is 2.18 bits per heavy atom. The average Bonchev–Trinajstić information content (AvgIpc) is 2.26. The maximum absolute atomic E-state index is 13.1. The second-order valence-electron chi connectivity index (χ2n) is 3.06. The number of carbonyl (C=O) groups excluding carboxylic acids is 1. The Bertz CT molecular complexity index is 557. The molecule has 0 saturated heterocycles. The van der Waals surface area contributed by atoms with E-state index in [0.29, 0.717) is 0 Å². The molecule has 0 heterocycles. The lowest BCUT2D eigenvalue weighted by molar-refractivity contribution is 0.107. The Morgan fingerprint density at radius 3 is 2.71 bits per heavy atom. The second kappa shape index (κ2) is 5.39. The minimum Gasteiger partial charge on any atom is -0.275 e. The Balaban J connectivity index is 3.20. The molecule has 0 aliphatic heterocycles. The van der Waals surface area contributed by atoms with Crippen molar-refractivity contribution in [2.75, 3.05) is 6.54 Å². The quantitative estimate of drug-likeness (QED) is 0.658. The third kappa shape index (κ3) is 3.36. The summed E-state index contributed by atoms with van der Waals surface area (Å²) in [5, 5.41) is -1.05. The van der Waals surface area contributed by atoms with Crippen LogP contribution in [0.5, 0.6) is 0 Å². The van der Waals surface area contributed by atoms with Crippen LogP contribution >= 0.6 is 11.6 Å². The molecule has 0 spiro atoms. The van der Waals surface area contributed by atoms with Gasteiger partial charge in [0.2, 0.25) is 10.0 Å². The van der Waals surface area contributed by atoms with Crippen LogP contribution in [0.2, 0.25) is 0 Å². The van der Waals surface area contributed by atoms with Gasteiger partial charge < -0.3 is 0 Å². The van der Waals surface area contributed by atoms with Gasteiger partial charge in [0, 0.05) is 6.54 Å². The van der Waals surface area contributed by atoms with Gasteiger partial charge in [-0.2, -0.15) is 0 Å². The van der Waals surface area contributed by atoms with Crippen molar-refractivity contribution in [3.8, 4) is 0 Å². The first kappa shape index (κ1) is 13.8. The van der Waals surface area contributed by atoms with Crippen molar-refractivity contribution in [3.05, 3.63) is 42.2 Å². The van der Waals surface area contributed by atoms with Crippen molar-refractivity contribution in [2.45, 2.75) is 4.90 Å². The number of carbonyl (C=O) groups is 1. The van der Waals surface area contributed by atoms with Crippen LogP contribution in [-0.2, 0) is 10.0 Å². The fourth-order valence-electron chi connectivity index (χ4n) is 1.07. The van der Waals surface area contributed by atoms with Gasteiger partial charge in [0.05, 0.1) is 10.5 Å². The van der Waals surface area contributed by atoms with Crippen molar-refractivity contribution in [2.24, 2.45) is 0 Å². The Morgan fingerprint density at radius 1 is 1.53 bits per heavy atom. The van der Waals surface area contributed by atoms with E-state index in [1.165, 1.54) is 6.08 Å². The maximum atomic E-state index is 13.1. The first-order valence-corrected chi connectivity index (χ1v) is 6.34. The van der Waals surface area contributed by atoms with Crippen LogP contribution < -0.4 is 4.72 Å². The van der Waals surface area contributed by atoms with Crippen molar-refractivity contribution in [3.63, 3.8) is 0 Å². The molecule has 0 saturated carbocycles. The third-order valence-electron chi connectivity index (χ3n) is 1.88. The molecule has 17 heavy (non-hydrogen) atoms. The van der Waals surface area contributed by atoms with Gasteiger partial charge in [0.25, 0.3) is 5.24 Å². The Kier molecular flexibility index (Phi) is 4.39. The zero-order valence-corrected chi connectivity index (χ0v) is 10.2. The molecule has 7 heteroatoms. The molecule has 4 nitrogen and oxygen atoms in total. The fraction of sp³-hybridized carbons (Fsp3) is 0.100. The topological polar surface area (TPSA) is 63.2 Å². The highest BCUT2D eigenvalue weighted by Gasteiger charge is 2.17. The molecule has 92 valence electrons. The molecular weight excluding hydrogens is 269 g/mol. The molecule has 0 bridgehead atoms. The molecule has 1 rings (SSSR count). The summed E-state index contributed by atoms with van der Waals surface area (Å²) in [6, 6.07) is 2.80. The molecule has 1 aromatic carbocycles. The van der Waals surface area contributed by atoms with E-state index in [2.05, 4.69) is 11.3 Å². The van der Waals surface area contributed by atoms with E-state index in [4.69, 9.17) is 11.6 Å². The number of sulfonamides is 1. The Hall–Kier alpha value is -1.24. The van der Waals surface area contributed by atoms with E-state index in [1.807, 2.05) is 0 Å². The molecule has 0 fully saturated rings. The predicted molar refractivity (Wildman–Crippen MR) is 62.0 cm³/mol. The highest BCUT2D eigenvalue weighted by Crippen LogP contribution is 2.16. The predicted octanol–water partition coefficient (Wildman–Crippen LogP) is 1.67. The van der Waals surface area contributed by atoms with Gasteiger partial charge in [0.1, 0.15) is 5.82 Å². The Labute approximate surface area is 103 Å². The summed E-state index contributed by atoms with van der Waals surface area (Å²) >= 11 is 5.12. The monoisotopic (exact) mass is 277 g/mol. The molecule has 0 amide bonds. The van der Waals surface area contributed by atoms with Crippen LogP contribution in [0.1, 0.15) is 10.4 Å². The number of hydrogen-bond donors (Lipinski definition) is 1. The summed E-state index contributed by atoms with van der Waals surface area (Å²) in [6.45, 7) is 3.39. The molecule has 0 aliphatic carbocycles. The summed E-state index contributed by atoms with van der Waals surface area (Å²) < 4.78 is 38.6. The molecule has 0 unspecified atom stereocenters. The van der Waals surface area contributed by atoms with Gasteiger partial charge in [-0.05, 0) is 29.8 Å². The average molecular weight is 278 g/mol. The normalized spacial score (nSPS) is 11.2. The molecule has 1 aromatic rings. The van der Waals surface area contributed by atoms with Gasteiger partial charge in [-0.25, -0.2) is 17.5 Å². The summed E-state index contributed by atoms with van der Waals surface area (Å²) in [6.07, 6.45) is 1.36. The lowest BCUT2D eigenvalue weighted by Crippen LogP contribution is -2.23. The zero-order valence-electron chi connectivity index (χ0n) is 8.61. The van der Waals surface area contributed by atoms with Crippen LogP contribution in [0.15, 0.2) is 35.7 Å². The molecule has 0 aliphatic rings. The summed E-state index contributed by atoms with van der Waals surface area (Å²) in [5.41, 5.74) is -0.479. The van der Waals surface area contributed by atoms with Crippen LogP contribution in [0.3, 0.4) is 0 Å². The summed E-state index contributed by atoms with van der Waals surface area (Å²) in [5.74, 6) is -0.868. The van der Waals surface area contributed by atoms with Crippen molar-refractivity contribution < 1.29 is 17.6 Å². The minimum atomic E-state index is -3.79. The molecular formula is C10H9ClFNO3S. The first-order valence-electron chi connectivity index (χ1n) is 4.48. The molecule has 0 aromatic heterocycles. The fourth-order valence-corrected chi connectivity index (χ4v) is 2.24. The number of benzene rings is 1. The van der Waals surface area contributed by atoms with Gasteiger partial charge >= 0.3 is 0 Å². The lowest BCUT2D eigenvalue weighted by Gasteiger charge is -2.06. The smallest absolute Gasteiger partial charge is 0.255 e. The van der Waals surface area contributed by atoms with E-state index in [9.17, 15) is 17.6 Å². The van der Waals surface area contributed by atoms with E-state index in [0.717, 1.165) is 18.2 Å². The van der Waals surface area contributed by atoms with Crippen LogP contribution in [0.4, 0.5) is 4.39 Å². The van der Waals surface area contributed by atoms with E-state index in [1.54, 1.807) is 0 Å².